The molecule has 0 saturated heterocycles. The first-order valence-corrected chi connectivity index (χ1v) is 3.49. The first-order valence-electron chi connectivity index (χ1n) is 3.08. The molecule has 1 saturated carbocycles. The summed E-state index contributed by atoms with van der Waals surface area (Å²) in [4.78, 5) is 1.25. The van der Waals surface area contributed by atoms with Crippen LogP contribution in [0.4, 0.5) is 0 Å². The molecule has 0 aliphatic heterocycles. The molecular weight excluding hydrogens is 116 g/mol. The van der Waals surface area contributed by atoms with Crippen LogP contribution < -0.4 is 0 Å². The first-order chi connectivity index (χ1) is 3.55. The lowest BCUT2D eigenvalue weighted by Gasteiger charge is -2.43. The Kier molecular flexibility index (Phi) is 1.19. The summed E-state index contributed by atoms with van der Waals surface area (Å²) in [6, 6.07) is 0. The zero-order valence-electron chi connectivity index (χ0n) is 5.69. The molecule has 0 aromatic heterocycles. The predicted molar refractivity (Wildman–Crippen MR) is 40.2 cm³/mol. The van der Waals surface area contributed by atoms with Gasteiger partial charge in [0.1, 0.15) is 0 Å². The quantitative estimate of drug-likeness (QED) is 0.451. The number of hydrogen-bond donors (Lipinski definition) is 0. The Hall–Kier alpha value is 0.0900. The van der Waals surface area contributed by atoms with Crippen LogP contribution >= 0.6 is 12.2 Å². The molecule has 0 amide bonds. The second-order valence-corrected chi connectivity index (χ2v) is 3.74. The normalized spacial score (nSPS) is 34.4. The Morgan fingerprint density at radius 2 is 2.12 bits per heavy atom. The van der Waals surface area contributed by atoms with Gasteiger partial charge in [-0.1, -0.05) is 33.0 Å². The zero-order chi connectivity index (χ0) is 6.36. The van der Waals surface area contributed by atoms with Crippen LogP contribution in [-0.4, -0.2) is 4.86 Å². The van der Waals surface area contributed by atoms with Gasteiger partial charge in [-0.3, -0.25) is 0 Å². The second-order valence-electron chi connectivity index (χ2n) is 3.25. The van der Waals surface area contributed by atoms with Gasteiger partial charge >= 0.3 is 0 Å². The molecule has 0 aromatic carbocycles. The minimum atomic E-state index is 0.370. The molecular formula is C7H12S. The van der Waals surface area contributed by atoms with E-state index in [-0.39, 0.29) is 0 Å². The van der Waals surface area contributed by atoms with Crippen molar-refractivity contribution >= 4 is 17.1 Å². The fourth-order valence-electron chi connectivity index (χ4n) is 0.940. The SMILES string of the molecule is CC1CC(=S)C1(C)C. The fourth-order valence-corrected chi connectivity index (χ4v) is 1.39. The van der Waals surface area contributed by atoms with Crippen molar-refractivity contribution in [3.8, 4) is 0 Å². The minimum absolute atomic E-state index is 0.370. The molecule has 0 aromatic rings. The van der Waals surface area contributed by atoms with Gasteiger partial charge in [-0.15, -0.1) is 0 Å². The lowest BCUT2D eigenvalue weighted by atomic mass is 9.63. The largest absolute Gasteiger partial charge is 0.0891 e. The molecule has 1 unspecified atom stereocenters. The standard InChI is InChI=1S/C7H12S/c1-5-4-6(8)7(5,2)3/h5H,4H2,1-3H3. The Balaban J connectivity index is 2.66. The third kappa shape index (κ3) is 0.609. The molecule has 46 valence electrons. The average Bonchev–Trinajstić information content (AvgIpc) is 1.68. The van der Waals surface area contributed by atoms with Crippen molar-refractivity contribution < 1.29 is 0 Å². The van der Waals surface area contributed by atoms with Gasteiger partial charge in [-0.25, -0.2) is 0 Å². The van der Waals surface area contributed by atoms with Crippen LogP contribution in [0.15, 0.2) is 0 Å². The summed E-state index contributed by atoms with van der Waals surface area (Å²) in [5, 5.41) is 0. The predicted octanol–water partition coefficient (Wildman–Crippen LogP) is 2.42. The molecule has 1 aliphatic carbocycles. The average molecular weight is 128 g/mol. The number of thiocarbonyl (C=S) groups is 1. The maximum Gasteiger partial charge on any atom is -0.000952 e. The van der Waals surface area contributed by atoms with Crippen molar-refractivity contribution in [2.45, 2.75) is 27.2 Å². The van der Waals surface area contributed by atoms with Crippen molar-refractivity contribution in [2.24, 2.45) is 11.3 Å². The molecule has 0 heterocycles. The van der Waals surface area contributed by atoms with Gasteiger partial charge < -0.3 is 0 Å². The van der Waals surface area contributed by atoms with Crippen LogP contribution in [0.2, 0.25) is 0 Å². The molecule has 1 atom stereocenters. The molecule has 1 rings (SSSR count). The summed E-state index contributed by atoms with van der Waals surface area (Å²) < 4.78 is 0. The van der Waals surface area contributed by atoms with Crippen molar-refractivity contribution in [1.29, 1.82) is 0 Å². The van der Waals surface area contributed by atoms with Gasteiger partial charge in [-0.05, 0) is 22.6 Å². The van der Waals surface area contributed by atoms with Crippen molar-refractivity contribution in [1.82, 2.24) is 0 Å². The molecule has 8 heavy (non-hydrogen) atoms. The van der Waals surface area contributed by atoms with Crippen LogP contribution in [0.5, 0.6) is 0 Å². The highest BCUT2D eigenvalue weighted by molar-refractivity contribution is 7.80. The third-order valence-corrected chi connectivity index (χ3v) is 3.14. The monoisotopic (exact) mass is 128 g/mol. The highest BCUT2D eigenvalue weighted by atomic mass is 32.1. The topological polar surface area (TPSA) is 0 Å². The summed E-state index contributed by atoms with van der Waals surface area (Å²) in [7, 11) is 0. The summed E-state index contributed by atoms with van der Waals surface area (Å²) >= 11 is 5.10. The van der Waals surface area contributed by atoms with E-state index in [1.165, 1.54) is 11.3 Å². The summed E-state index contributed by atoms with van der Waals surface area (Å²) in [5.74, 6) is 0.815. The Bertz CT molecular complexity index is 124. The lowest BCUT2D eigenvalue weighted by Crippen LogP contribution is -2.42. The van der Waals surface area contributed by atoms with Gasteiger partial charge in [0.25, 0.3) is 0 Å². The second kappa shape index (κ2) is 1.53. The smallest absolute Gasteiger partial charge is 0.000952 e. The highest BCUT2D eigenvalue weighted by Crippen LogP contribution is 2.42. The van der Waals surface area contributed by atoms with Crippen LogP contribution in [-0.2, 0) is 0 Å². The maximum absolute atomic E-state index is 5.10. The fraction of sp³-hybridized carbons (Fsp3) is 0.857. The summed E-state index contributed by atoms with van der Waals surface area (Å²) in [5.41, 5.74) is 0.370. The van der Waals surface area contributed by atoms with E-state index < -0.39 is 0 Å². The van der Waals surface area contributed by atoms with E-state index in [1.807, 2.05) is 0 Å². The highest BCUT2D eigenvalue weighted by Gasteiger charge is 2.40. The van der Waals surface area contributed by atoms with E-state index in [9.17, 15) is 0 Å². The molecule has 1 aliphatic rings. The molecule has 1 fully saturated rings. The van der Waals surface area contributed by atoms with E-state index in [4.69, 9.17) is 12.2 Å². The Labute approximate surface area is 56.3 Å². The molecule has 0 nitrogen and oxygen atoms in total. The van der Waals surface area contributed by atoms with Crippen LogP contribution in [0, 0.1) is 11.3 Å². The van der Waals surface area contributed by atoms with Gasteiger partial charge in [0.15, 0.2) is 0 Å². The van der Waals surface area contributed by atoms with Gasteiger partial charge in [0.05, 0.1) is 0 Å². The van der Waals surface area contributed by atoms with E-state index in [0.717, 1.165) is 5.92 Å². The number of rotatable bonds is 0. The maximum atomic E-state index is 5.10. The molecule has 0 spiro atoms. The zero-order valence-corrected chi connectivity index (χ0v) is 6.51. The van der Waals surface area contributed by atoms with Crippen molar-refractivity contribution in [3.63, 3.8) is 0 Å². The van der Waals surface area contributed by atoms with E-state index >= 15 is 0 Å². The molecule has 0 bridgehead atoms. The van der Waals surface area contributed by atoms with Crippen molar-refractivity contribution in [3.05, 3.63) is 0 Å². The summed E-state index contributed by atoms with van der Waals surface area (Å²) in [6.07, 6.45) is 1.17. The van der Waals surface area contributed by atoms with E-state index in [1.54, 1.807) is 0 Å². The molecule has 0 N–H and O–H groups in total. The van der Waals surface area contributed by atoms with E-state index in [0.29, 0.717) is 5.41 Å². The van der Waals surface area contributed by atoms with Crippen LogP contribution in [0.1, 0.15) is 27.2 Å². The first kappa shape index (κ1) is 6.21. The summed E-state index contributed by atoms with van der Waals surface area (Å²) in [6.45, 7) is 6.71. The molecule has 1 heteroatoms. The Morgan fingerprint density at radius 1 is 1.62 bits per heavy atom. The van der Waals surface area contributed by atoms with Crippen LogP contribution in [0.3, 0.4) is 0 Å². The molecule has 0 radical (unpaired) electrons. The van der Waals surface area contributed by atoms with Gasteiger partial charge in [0, 0.05) is 0 Å². The van der Waals surface area contributed by atoms with Crippen LogP contribution in [0.25, 0.3) is 0 Å². The minimum Gasteiger partial charge on any atom is -0.0891 e. The lowest BCUT2D eigenvalue weighted by molar-refractivity contribution is 0.281. The van der Waals surface area contributed by atoms with Crippen molar-refractivity contribution in [2.75, 3.05) is 0 Å². The van der Waals surface area contributed by atoms with Gasteiger partial charge in [0.2, 0.25) is 0 Å². The third-order valence-electron chi connectivity index (χ3n) is 2.44. The number of hydrogen-bond acceptors (Lipinski definition) is 1. The van der Waals surface area contributed by atoms with Gasteiger partial charge in [-0.2, -0.15) is 0 Å². The Morgan fingerprint density at radius 3 is 2.12 bits per heavy atom. The van der Waals surface area contributed by atoms with E-state index in [2.05, 4.69) is 20.8 Å².